The number of hydrogen-bond acceptors (Lipinski definition) is 2. The predicted molar refractivity (Wildman–Crippen MR) is 82.7 cm³/mol. The normalized spacial score (nSPS) is 12.6. The maximum Gasteiger partial charge on any atom is 0.0718 e. The number of nitrogens with one attached hydrogen (secondary N) is 1. The molecule has 2 nitrogen and oxygen atoms in total. The summed E-state index contributed by atoms with van der Waals surface area (Å²) in [6.45, 7) is 6.76. The smallest absolute Gasteiger partial charge is 0.0718 e. The molecule has 1 atom stereocenters. The van der Waals surface area contributed by atoms with E-state index in [0.29, 0.717) is 12.6 Å². The second kappa shape index (κ2) is 10.2. The Morgan fingerprint density at radius 2 is 2.16 bits per heavy atom. The summed E-state index contributed by atoms with van der Waals surface area (Å²) in [7, 11) is 0. The Hall–Kier alpha value is -0.570. The molecule has 1 aromatic carbocycles. The second-order valence-corrected chi connectivity index (χ2v) is 5.47. The highest BCUT2D eigenvalue weighted by atomic mass is 35.5. The van der Waals surface area contributed by atoms with E-state index in [0.717, 1.165) is 23.7 Å². The van der Waals surface area contributed by atoms with Crippen LogP contribution in [0.4, 0.5) is 0 Å². The molecule has 0 aliphatic rings. The lowest BCUT2D eigenvalue weighted by molar-refractivity contribution is 0.120. The van der Waals surface area contributed by atoms with Gasteiger partial charge in [-0.15, -0.1) is 0 Å². The number of ether oxygens (including phenoxy) is 1. The van der Waals surface area contributed by atoms with Crippen molar-refractivity contribution in [3.8, 4) is 0 Å². The lowest BCUT2D eigenvalue weighted by Gasteiger charge is -2.13. The van der Waals surface area contributed by atoms with Gasteiger partial charge in [-0.1, -0.05) is 49.9 Å². The summed E-state index contributed by atoms with van der Waals surface area (Å²) in [6.07, 6.45) is 5.18. The summed E-state index contributed by atoms with van der Waals surface area (Å²) in [5.41, 5.74) is 1.13. The van der Waals surface area contributed by atoms with Crippen molar-refractivity contribution < 1.29 is 4.74 Å². The minimum absolute atomic E-state index is 0.585. The van der Waals surface area contributed by atoms with Crippen LogP contribution < -0.4 is 5.32 Å². The van der Waals surface area contributed by atoms with Crippen molar-refractivity contribution in [2.24, 2.45) is 0 Å². The van der Waals surface area contributed by atoms with Gasteiger partial charge in [0.25, 0.3) is 0 Å². The maximum atomic E-state index is 5.92. The highest BCUT2D eigenvalue weighted by molar-refractivity contribution is 6.30. The lowest BCUT2D eigenvalue weighted by atomic mass is 10.1. The van der Waals surface area contributed by atoms with Gasteiger partial charge in [0.15, 0.2) is 0 Å². The van der Waals surface area contributed by atoms with Gasteiger partial charge in [0.1, 0.15) is 0 Å². The van der Waals surface area contributed by atoms with E-state index in [1.54, 1.807) is 0 Å². The van der Waals surface area contributed by atoms with Crippen LogP contribution in [0, 0.1) is 0 Å². The molecule has 0 bridgehead atoms. The fourth-order valence-electron chi connectivity index (χ4n) is 2.00. The Morgan fingerprint density at radius 3 is 2.89 bits per heavy atom. The van der Waals surface area contributed by atoms with Crippen LogP contribution in [0.5, 0.6) is 0 Å². The Balaban J connectivity index is 2.02. The molecular weight excluding hydrogens is 258 g/mol. The van der Waals surface area contributed by atoms with Gasteiger partial charge in [-0.2, -0.15) is 0 Å². The molecule has 1 rings (SSSR count). The highest BCUT2D eigenvalue weighted by Crippen LogP contribution is 2.11. The van der Waals surface area contributed by atoms with Crippen LogP contribution in [0.1, 0.15) is 45.1 Å². The summed E-state index contributed by atoms with van der Waals surface area (Å²) in [5, 5.41) is 4.26. The Labute approximate surface area is 122 Å². The third-order valence-electron chi connectivity index (χ3n) is 3.14. The van der Waals surface area contributed by atoms with E-state index >= 15 is 0 Å². The molecule has 0 radical (unpaired) electrons. The van der Waals surface area contributed by atoms with E-state index in [1.165, 1.54) is 25.7 Å². The average molecular weight is 284 g/mol. The van der Waals surface area contributed by atoms with E-state index < -0.39 is 0 Å². The summed E-state index contributed by atoms with van der Waals surface area (Å²) in [4.78, 5) is 0. The number of hydrogen-bond donors (Lipinski definition) is 1. The Morgan fingerprint density at radius 1 is 1.32 bits per heavy atom. The van der Waals surface area contributed by atoms with Crippen molar-refractivity contribution >= 4 is 11.6 Å². The standard InChI is InChI=1S/C16H26ClNO/c1-3-4-5-7-14(2)18-10-11-19-13-15-8-6-9-16(17)12-15/h6,8-9,12,14,18H,3-5,7,10-11,13H2,1-2H3. The topological polar surface area (TPSA) is 21.3 Å². The maximum absolute atomic E-state index is 5.92. The first kappa shape index (κ1) is 16.5. The van der Waals surface area contributed by atoms with Gasteiger partial charge in [0.05, 0.1) is 13.2 Å². The van der Waals surface area contributed by atoms with Crippen molar-refractivity contribution in [2.75, 3.05) is 13.2 Å². The van der Waals surface area contributed by atoms with Gasteiger partial charge in [-0.3, -0.25) is 0 Å². The fraction of sp³-hybridized carbons (Fsp3) is 0.625. The van der Waals surface area contributed by atoms with Crippen molar-refractivity contribution in [2.45, 2.75) is 52.2 Å². The molecule has 1 aromatic rings. The summed E-state index contributed by atoms with van der Waals surface area (Å²) >= 11 is 5.92. The van der Waals surface area contributed by atoms with Crippen LogP contribution in [-0.4, -0.2) is 19.2 Å². The summed E-state index contributed by atoms with van der Waals surface area (Å²) in [6, 6.07) is 8.40. The summed E-state index contributed by atoms with van der Waals surface area (Å²) < 4.78 is 5.63. The van der Waals surface area contributed by atoms with Gasteiger partial charge in [-0.25, -0.2) is 0 Å². The van der Waals surface area contributed by atoms with E-state index in [2.05, 4.69) is 19.2 Å². The van der Waals surface area contributed by atoms with Crippen LogP contribution in [0.2, 0.25) is 5.02 Å². The molecular formula is C16H26ClNO. The van der Waals surface area contributed by atoms with E-state index in [4.69, 9.17) is 16.3 Å². The van der Waals surface area contributed by atoms with Crippen LogP contribution in [0.3, 0.4) is 0 Å². The predicted octanol–water partition coefficient (Wildman–Crippen LogP) is 4.42. The molecule has 1 N–H and O–H groups in total. The van der Waals surface area contributed by atoms with Crippen LogP contribution in [0.25, 0.3) is 0 Å². The lowest BCUT2D eigenvalue weighted by Crippen LogP contribution is -2.29. The molecule has 0 aliphatic heterocycles. The fourth-order valence-corrected chi connectivity index (χ4v) is 2.21. The molecule has 0 amide bonds. The third kappa shape index (κ3) is 8.25. The monoisotopic (exact) mass is 283 g/mol. The van der Waals surface area contributed by atoms with Crippen molar-refractivity contribution in [1.82, 2.24) is 5.32 Å². The molecule has 19 heavy (non-hydrogen) atoms. The number of benzene rings is 1. The van der Waals surface area contributed by atoms with Crippen molar-refractivity contribution in [3.63, 3.8) is 0 Å². The summed E-state index contributed by atoms with van der Waals surface area (Å²) in [5.74, 6) is 0. The highest BCUT2D eigenvalue weighted by Gasteiger charge is 2.00. The molecule has 0 spiro atoms. The van der Waals surface area contributed by atoms with Crippen LogP contribution >= 0.6 is 11.6 Å². The quantitative estimate of drug-likeness (QED) is 0.642. The molecule has 3 heteroatoms. The number of rotatable bonds is 10. The zero-order valence-electron chi connectivity index (χ0n) is 12.1. The van der Waals surface area contributed by atoms with E-state index in [9.17, 15) is 0 Å². The van der Waals surface area contributed by atoms with Gasteiger partial charge in [-0.05, 0) is 31.0 Å². The third-order valence-corrected chi connectivity index (χ3v) is 3.37. The first-order valence-corrected chi connectivity index (χ1v) is 7.65. The molecule has 0 fully saturated rings. The molecule has 0 heterocycles. The SMILES string of the molecule is CCCCCC(C)NCCOCc1cccc(Cl)c1. The van der Waals surface area contributed by atoms with Gasteiger partial charge in [0, 0.05) is 17.6 Å². The Bertz CT molecular complexity index is 343. The molecule has 0 saturated carbocycles. The number of unbranched alkanes of at least 4 members (excludes halogenated alkanes) is 2. The zero-order chi connectivity index (χ0) is 13.9. The first-order valence-electron chi connectivity index (χ1n) is 7.28. The molecule has 0 aliphatic carbocycles. The van der Waals surface area contributed by atoms with Gasteiger partial charge >= 0.3 is 0 Å². The van der Waals surface area contributed by atoms with Crippen molar-refractivity contribution in [1.29, 1.82) is 0 Å². The second-order valence-electron chi connectivity index (χ2n) is 5.03. The van der Waals surface area contributed by atoms with Gasteiger partial charge < -0.3 is 10.1 Å². The minimum atomic E-state index is 0.585. The zero-order valence-corrected chi connectivity index (χ0v) is 12.9. The molecule has 0 aromatic heterocycles. The van der Waals surface area contributed by atoms with Crippen LogP contribution in [0.15, 0.2) is 24.3 Å². The van der Waals surface area contributed by atoms with E-state index in [1.807, 2.05) is 24.3 Å². The number of halogens is 1. The molecule has 0 saturated heterocycles. The Kier molecular flexibility index (Phi) is 8.89. The molecule has 108 valence electrons. The largest absolute Gasteiger partial charge is 0.375 e. The van der Waals surface area contributed by atoms with Gasteiger partial charge in [0.2, 0.25) is 0 Å². The van der Waals surface area contributed by atoms with Crippen molar-refractivity contribution in [3.05, 3.63) is 34.9 Å². The minimum Gasteiger partial charge on any atom is -0.375 e. The first-order chi connectivity index (χ1) is 9.22. The van der Waals surface area contributed by atoms with Crippen LogP contribution in [-0.2, 0) is 11.3 Å². The van der Waals surface area contributed by atoms with E-state index in [-0.39, 0.29) is 0 Å². The molecule has 1 unspecified atom stereocenters. The average Bonchev–Trinajstić information content (AvgIpc) is 2.39.